The fourth-order valence-corrected chi connectivity index (χ4v) is 2.16. The molecule has 0 aliphatic carbocycles. The summed E-state index contributed by atoms with van der Waals surface area (Å²) in [5.41, 5.74) is 1.90. The highest BCUT2D eigenvalue weighted by atomic mass is 19.1. The lowest BCUT2D eigenvalue weighted by atomic mass is 10.2. The van der Waals surface area contributed by atoms with Crippen molar-refractivity contribution in [2.75, 3.05) is 5.32 Å². The number of aromatic nitrogens is 3. The van der Waals surface area contributed by atoms with E-state index in [1.165, 1.54) is 12.1 Å². The van der Waals surface area contributed by atoms with Crippen LogP contribution in [0.1, 0.15) is 23.1 Å². The van der Waals surface area contributed by atoms with Gasteiger partial charge in [-0.1, -0.05) is 13.0 Å². The van der Waals surface area contributed by atoms with Crippen LogP contribution in [0.5, 0.6) is 0 Å². The maximum Gasteiger partial charge on any atom is 0.275 e. The number of aryl methyl sites for hydroxylation is 1. The second-order valence-electron chi connectivity index (χ2n) is 4.51. The smallest absolute Gasteiger partial charge is 0.275 e. The average molecular weight is 284 g/mol. The van der Waals surface area contributed by atoms with Crippen LogP contribution in [0.3, 0.4) is 0 Å². The van der Waals surface area contributed by atoms with Crippen molar-refractivity contribution in [1.29, 1.82) is 0 Å². The summed E-state index contributed by atoms with van der Waals surface area (Å²) < 4.78 is 14.6. The van der Waals surface area contributed by atoms with Crippen LogP contribution in [-0.2, 0) is 6.42 Å². The van der Waals surface area contributed by atoms with Gasteiger partial charge in [-0.05, 0) is 30.7 Å². The van der Waals surface area contributed by atoms with Crippen LogP contribution >= 0.6 is 0 Å². The lowest BCUT2D eigenvalue weighted by Gasteiger charge is -2.05. The first kappa shape index (κ1) is 13.2. The van der Waals surface area contributed by atoms with Crippen molar-refractivity contribution in [3.63, 3.8) is 0 Å². The molecule has 0 aromatic carbocycles. The quantitative estimate of drug-likeness (QED) is 0.804. The summed E-state index contributed by atoms with van der Waals surface area (Å²) in [5, 5.41) is 2.66. The number of fused-ring (bicyclic) bond motifs is 1. The van der Waals surface area contributed by atoms with E-state index in [2.05, 4.69) is 15.3 Å². The normalized spacial score (nSPS) is 10.8. The second-order valence-corrected chi connectivity index (χ2v) is 4.51. The zero-order valence-electron chi connectivity index (χ0n) is 11.4. The molecule has 0 fully saturated rings. The van der Waals surface area contributed by atoms with E-state index in [4.69, 9.17) is 0 Å². The SMILES string of the molecule is CCc1nc2ccccn2c1C(=O)Nc1ccc(F)cn1. The van der Waals surface area contributed by atoms with Crippen molar-refractivity contribution in [3.8, 4) is 0 Å². The molecule has 106 valence electrons. The highest BCUT2D eigenvalue weighted by molar-refractivity contribution is 6.04. The Labute approximate surface area is 120 Å². The molecule has 3 heterocycles. The van der Waals surface area contributed by atoms with E-state index in [0.717, 1.165) is 6.20 Å². The molecule has 0 saturated heterocycles. The van der Waals surface area contributed by atoms with E-state index in [1.807, 2.05) is 25.1 Å². The van der Waals surface area contributed by atoms with E-state index in [9.17, 15) is 9.18 Å². The minimum Gasteiger partial charge on any atom is -0.305 e. The van der Waals surface area contributed by atoms with Crippen LogP contribution < -0.4 is 5.32 Å². The van der Waals surface area contributed by atoms with Crippen LogP contribution in [0.2, 0.25) is 0 Å². The topological polar surface area (TPSA) is 59.3 Å². The minimum absolute atomic E-state index is 0.300. The van der Waals surface area contributed by atoms with Crippen LogP contribution in [-0.4, -0.2) is 20.3 Å². The number of carbonyl (C=O) groups is 1. The summed E-state index contributed by atoms with van der Waals surface area (Å²) in [5.74, 6) is -0.462. The molecule has 0 radical (unpaired) electrons. The first-order valence-corrected chi connectivity index (χ1v) is 6.58. The Morgan fingerprint density at radius 3 is 2.90 bits per heavy atom. The number of hydrogen-bond acceptors (Lipinski definition) is 3. The fraction of sp³-hybridized carbons (Fsp3) is 0.133. The zero-order chi connectivity index (χ0) is 14.8. The molecule has 1 amide bonds. The summed E-state index contributed by atoms with van der Waals surface area (Å²) in [6.45, 7) is 1.94. The monoisotopic (exact) mass is 284 g/mol. The van der Waals surface area contributed by atoms with Crippen molar-refractivity contribution in [2.45, 2.75) is 13.3 Å². The number of carbonyl (C=O) groups excluding carboxylic acids is 1. The number of nitrogens with one attached hydrogen (secondary N) is 1. The third-order valence-electron chi connectivity index (χ3n) is 3.12. The van der Waals surface area contributed by atoms with Gasteiger partial charge in [-0.15, -0.1) is 0 Å². The second kappa shape index (κ2) is 5.32. The lowest BCUT2D eigenvalue weighted by Crippen LogP contribution is -2.17. The molecule has 0 spiro atoms. The van der Waals surface area contributed by atoms with Gasteiger partial charge in [0.15, 0.2) is 0 Å². The Balaban J connectivity index is 1.99. The molecule has 1 N–H and O–H groups in total. The van der Waals surface area contributed by atoms with Crippen LogP contribution in [0, 0.1) is 5.82 Å². The van der Waals surface area contributed by atoms with Gasteiger partial charge in [-0.2, -0.15) is 0 Å². The van der Waals surface area contributed by atoms with Gasteiger partial charge >= 0.3 is 0 Å². The number of hydrogen-bond donors (Lipinski definition) is 1. The Morgan fingerprint density at radius 1 is 1.33 bits per heavy atom. The highest BCUT2D eigenvalue weighted by Crippen LogP contribution is 2.15. The third kappa shape index (κ3) is 2.47. The molecule has 21 heavy (non-hydrogen) atoms. The molecule has 3 rings (SSSR count). The first-order valence-electron chi connectivity index (χ1n) is 6.58. The van der Waals surface area contributed by atoms with Crippen molar-refractivity contribution in [1.82, 2.24) is 14.4 Å². The predicted octanol–water partition coefficient (Wildman–Crippen LogP) is 2.68. The van der Waals surface area contributed by atoms with Gasteiger partial charge in [0.05, 0.1) is 11.9 Å². The zero-order valence-corrected chi connectivity index (χ0v) is 11.4. The molecule has 0 unspecified atom stereocenters. The van der Waals surface area contributed by atoms with E-state index >= 15 is 0 Å². The molecule has 3 aromatic heterocycles. The van der Waals surface area contributed by atoms with Gasteiger partial charge in [0, 0.05) is 6.20 Å². The molecule has 3 aromatic rings. The van der Waals surface area contributed by atoms with Gasteiger partial charge in [-0.3, -0.25) is 9.20 Å². The molecule has 0 bridgehead atoms. The standard InChI is InChI=1S/C15H13FN4O/c1-2-11-14(20-8-4-3-5-13(20)18-11)15(21)19-12-7-6-10(16)9-17-12/h3-9H,2H2,1H3,(H,17,19,21). The Kier molecular flexibility index (Phi) is 3.35. The van der Waals surface area contributed by atoms with Crippen molar-refractivity contribution < 1.29 is 9.18 Å². The lowest BCUT2D eigenvalue weighted by molar-refractivity contribution is 0.102. The van der Waals surface area contributed by atoms with Gasteiger partial charge in [0.1, 0.15) is 23.0 Å². The summed E-state index contributed by atoms with van der Waals surface area (Å²) >= 11 is 0. The summed E-state index contributed by atoms with van der Waals surface area (Å²) in [6.07, 6.45) is 3.49. The number of rotatable bonds is 3. The minimum atomic E-state index is -0.447. The molecule has 5 nitrogen and oxygen atoms in total. The van der Waals surface area contributed by atoms with Gasteiger partial charge in [0.2, 0.25) is 0 Å². The van der Waals surface area contributed by atoms with Crippen molar-refractivity contribution in [3.05, 3.63) is 59.9 Å². The highest BCUT2D eigenvalue weighted by Gasteiger charge is 2.18. The third-order valence-corrected chi connectivity index (χ3v) is 3.12. The largest absolute Gasteiger partial charge is 0.305 e. The first-order chi connectivity index (χ1) is 10.2. The van der Waals surface area contributed by atoms with E-state index in [-0.39, 0.29) is 5.91 Å². The molecular weight excluding hydrogens is 271 g/mol. The van der Waals surface area contributed by atoms with Gasteiger partial charge in [0.25, 0.3) is 5.91 Å². The number of anilines is 1. The number of nitrogens with zero attached hydrogens (tertiary/aromatic N) is 3. The molecule has 0 atom stereocenters. The molecule has 0 aliphatic rings. The maximum atomic E-state index is 12.8. The van der Waals surface area contributed by atoms with Gasteiger partial charge < -0.3 is 5.32 Å². The van der Waals surface area contributed by atoms with Crippen LogP contribution in [0.4, 0.5) is 10.2 Å². The fourth-order valence-electron chi connectivity index (χ4n) is 2.16. The van der Waals surface area contributed by atoms with E-state index < -0.39 is 5.82 Å². The average Bonchev–Trinajstić information content (AvgIpc) is 2.88. The van der Waals surface area contributed by atoms with Crippen LogP contribution in [0.15, 0.2) is 42.7 Å². The van der Waals surface area contributed by atoms with Crippen LogP contribution in [0.25, 0.3) is 5.65 Å². The number of pyridine rings is 2. The number of amides is 1. The number of imidazole rings is 1. The Bertz CT molecular complexity index is 795. The molecule has 0 aliphatic heterocycles. The summed E-state index contributed by atoms with van der Waals surface area (Å²) in [7, 11) is 0. The predicted molar refractivity (Wildman–Crippen MR) is 76.7 cm³/mol. The molecule has 0 saturated carbocycles. The Morgan fingerprint density at radius 2 is 2.19 bits per heavy atom. The van der Waals surface area contributed by atoms with Gasteiger partial charge in [-0.25, -0.2) is 14.4 Å². The van der Waals surface area contributed by atoms with E-state index in [1.54, 1.807) is 10.6 Å². The molecule has 6 heteroatoms. The number of halogens is 1. The summed E-state index contributed by atoms with van der Waals surface area (Å²) in [4.78, 5) is 20.7. The molecular formula is C15H13FN4O. The van der Waals surface area contributed by atoms with Crippen molar-refractivity contribution in [2.24, 2.45) is 0 Å². The summed E-state index contributed by atoms with van der Waals surface area (Å²) in [6, 6.07) is 8.21. The van der Waals surface area contributed by atoms with E-state index in [0.29, 0.717) is 29.3 Å². The maximum absolute atomic E-state index is 12.8. The van der Waals surface area contributed by atoms with Crippen molar-refractivity contribution >= 4 is 17.4 Å². The Hall–Kier alpha value is -2.76.